The van der Waals surface area contributed by atoms with Crippen molar-refractivity contribution in [1.82, 2.24) is 0 Å². The van der Waals surface area contributed by atoms with Gasteiger partial charge in [0.1, 0.15) is 5.75 Å². The van der Waals surface area contributed by atoms with Crippen LogP contribution in [0.1, 0.15) is 18.4 Å². The van der Waals surface area contributed by atoms with E-state index in [1.165, 1.54) is 0 Å². The maximum absolute atomic E-state index is 12.1. The van der Waals surface area contributed by atoms with Crippen molar-refractivity contribution in [3.63, 3.8) is 0 Å². The fourth-order valence-corrected chi connectivity index (χ4v) is 2.46. The first-order valence-corrected chi connectivity index (χ1v) is 6.66. The molecular weight excluding hydrogens is 264 g/mol. The molecular formula is C15H17ClO3. The second kappa shape index (κ2) is 6.22. The van der Waals surface area contributed by atoms with Gasteiger partial charge in [-0.2, -0.15) is 0 Å². The highest BCUT2D eigenvalue weighted by atomic mass is 35.5. The molecule has 0 aliphatic heterocycles. The minimum Gasteiger partial charge on any atom is -0.497 e. The number of carbonyl (C=O) groups is 1. The van der Waals surface area contributed by atoms with Crippen molar-refractivity contribution in [2.24, 2.45) is 0 Å². The molecule has 19 heavy (non-hydrogen) atoms. The third-order valence-corrected chi connectivity index (χ3v) is 3.74. The summed E-state index contributed by atoms with van der Waals surface area (Å²) < 4.78 is 10.5. The van der Waals surface area contributed by atoms with Gasteiger partial charge in [-0.3, -0.25) is 4.79 Å². The Kier molecular flexibility index (Phi) is 4.61. The Morgan fingerprint density at radius 1 is 1.21 bits per heavy atom. The van der Waals surface area contributed by atoms with E-state index in [1.54, 1.807) is 14.2 Å². The number of ether oxygens (including phenoxy) is 2. The van der Waals surface area contributed by atoms with Crippen LogP contribution in [0.4, 0.5) is 0 Å². The van der Waals surface area contributed by atoms with Crippen LogP contribution in [0.25, 0.3) is 6.08 Å². The number of halogens is 1. The SMILES string of the molecule is COc1ccc(C=C2C(=O)C(Cl)CCC2OC)cc1. The number of benzene rings is 1. The predicted octanol–water partition coefficient (Wildman–Crippen LogP) is 3.06. The highest BCUT2D eigenvalue weighted by molar-refractivity contribution is 6.34. The van der Waals surface area contributed by atoms with Crippen molar-refractivity contribution in [3.8, 4) is 5.75 Å². The van der Waals surface area contributed by atoms with Gasteiger partial charge in [-0.15, -0.1) is 11.6 Å². The molecule has 0 bridgehead atoms. The Bertz CT molecular complexity index is 479. The summed E-state index contributed by atoms with van der Waals surface area (Å²) in [5.74, 6) is 0.756. The Labute approximate surface area is 118 Å². The third kappa shape index (κ3) is 3.17. The topological polar surface area (TPSA) is 35.5 Å². The molecule has 1 aromatic rings. The summed E-state index contributed by atoms with van der Waals surface area (Å²) in [4.78, 5) is 12.1. The zero-order valence-electron chi connectivity index (χ0n) is 11.1. The molecule has 2 rings (SSSR count). The highest BCUT2D eigenvalue weighted by Gasteiger charge is 2.31. The molecule has 1 saturated carbocycles. The van der Waals surface area contributed by atoms with Crippen molar-refractivity contribution in [3.05, 3.63) is 35.4 Å². The van der Waals surface area contributed by atoms with Gasteiger partial charge in [0, 0.05) is 12.7 Å². The fraction of sp³-hybridized carbons (Fsp3) is 0.400. The van der Waals surface area contributed by atoms with Crippen LogP contribution < -0.4 is 4.74 Å². The molecule has 1 aliphatic carbocycles. The number of rotatable bonds is 3. The van der Waals surface area contributed by atoms with E-state index in [4.69, 9.17) is 21.1 Å². The smallest absolute Gasteiger partial charge is 0.179 e. The van der Waals surface area contributed by atoms with Crippen LogP contribution in [0.5, 0.6) is 5.75 Å². The van der Waals surface area contributed by atoms with Crippen LogP contribution in [0.15, 0.2) is 29.8 Å². The van der Waals surface area contributed by atoms with Gasteiger partial charge in [0.15, 0.2) is 5.78 Å². The maximum atomic E-state index is 12.1. The Balaban J connectivity index is 2.29. The van der Waals surface area contributed by atoms with Gasteiger partial charge in [0.25, 0.3) is 0 Å². The number of hydrogen-bond donors (Lipinski definition) is 0. The zero-order chi connectivity index (χ0) is 13.8. The molecule has 0 heterocycles. The minimum atomic E-state index is -0.434. The Hall–Kier alpha value is -1.32. The average molecular weight is 281 g/mol. The average Bonchev–Trinajstić information content (AvgIpc) is 2.45. The minimum absolute atomic E-state index is 0.0319. The van der Waals surface area contributed by atoms with Gasteiger partial charge in [-0.25, -0.2) is 0 Å². The number of methoxy groups -OCH3 is 2. The first-order chi connectivity index (χ1) is 9.15. The summed E-state index contributed by atoms with van der Waals surface area (Å²) in [6, 6.07) is 7.53. The first kappa shape index (κ1) is 14.1. The first-order valence-electron chi connectivity index (χ1n) is 6.22. The molecule has 0 amide bonds. The summed E-state index contributed by atoms with van der Waals surface area (Å²) in [5, 5.41) is -0.434. The lowest BCUT2D eigenvalue weighted by atomic mass is 9.89. The molecule has 1 aromatic carbocycles. The Morgan fingerprint density at radius 3 is 2.47 bits per heavy atom. The van der Waals surface area contributed by atoms with Crippen LogP contribution in [0.3, 0.4) is 0 Å². The normalized spacial score (nSPS) is 25.6. The quantitative estimate of drug-likeness (QED) is 0.630. The molecule has 0 radical (unpaired) electrons. The van der Waals surface area contributed by atoms with E-state index >= 15 is 0 Å². The van der Waals surface area contributed by atoms with Crippen LogP contribution in [-0.4, -0.2) is 31.5 Å². The summed E-state index contributed by atoms with van der Waals surface area (Å²) in [7, 11) is 3.24. The summed E-state index contributed by atoms with van der Waals surface area (Å²) in [6.07, 6.45) is 3.13. The summed E-state index contributed by atoms with van der Waals surface area (Å²) in [6.45, 7) is 0. The van der Waals surface area contributed by atoms with E-state index in [-0.39, 0.29) is 11.9 Å². The number of Topliss-reactive ketones (excluding diaryl/α,β-unsaturated/α-hetero) is 1. The lowest BCUT2D eigenvalue weighted by Gasteiger charge is -2.26. The van der Waals surface area contributed by atoms with Gasteiger partial charge in [-0.05, 0) is 36.6 Å². The summed E-state index contributed by atoms with van der Waals surface area (Å²) in [5.41, 5.74) is 1.59. The van der Waals surface area contributed by atoms with Gasteiger partial charge in [-0.1, -0.05) is 12.1 Å². The molecule has 102 valence electrons. The van der Waals surface area contributed by atoms with Gasteiger partial charge >= 0.3 is 0 Å². The second-order valence-corrected chi connectivity index (χ2v) is 5.03. The fourth-order valence-electron chi connectivity index (χ4n) is 2.21. The van der Waals surface area contributed by atoms with E-state index in [2.05, 4.69) is 0 Å². The largest absolute Gasteiger partial charge is 0.497 e. The summed E-state index contributed by atoms with van der Waals surface area (Å²) >= 11 is 6.03. The maximum Gasteiger partial charge on any atom is 0.179 e. The molecule has 3 nitrogen and oxygen atoms in total. The van der Waals surface area contributed by atoms with Gasteiger partial charge < -0.3 is 9.47 Å². The number of alkyl halides is 1. The molecule has 0 spiro atoms. The van der Waals surface area contributed by atoms with Crippen molar-refractivity contribution in [2.45, 2.75) is 24.3 Å². The zero-order valence-corrected chi connectivity index (χ0v) is 11.8. The van der Waals surface area contributed by atoms with Gasteiger partial charge in [0.05, 0.1) is 18.6 Å². The van der Waals surface area contributed by atoms with E-state index in [1.807, 2.05) is 30.3 Å². The van der Waals surface area contributed by atoms with E-state index in [0.717, 1.165) is 17.7 Å². The van der Waals surface area contributed by atoms with E-state index < -0.39 is 5.38 Å². The van der Waals surface area contributed by atoms with Crippen LogP contribution in [-0.2, 0) is 9.53 Å². The van der Waals surface area contributed by atoms with Crippen molar-refractivity contribution >= 4 is 23.5 Å². The molecule has 0 aromatic heterocycles. The van der Waals surface area contributed by atoms with Crippen molar-refractivity contribution < 1.29 is 14.3 Å². The number of hydrogen-bond acceptors (Lipinski definition) is 3. The number of carbonyl (C=O) groups excluding carboxylic acids is 1. The second-order valence-electron chi connectivity index (χ2n) is 4.51. The van der Waals surface area contributed by atoms with Gasteiger partial charge in [0.2, 0.25) is 0 Å². The van der Waals surface area contributed by atoms with Crippen molar-refractivity contribution in [1.29, 1.82) is 0 Å². The van der Waals surface area contributed by atoms with E-state index in [9.17, 15) is 4.79 Å². The molecule has 0 N–H and O–H groups in total. The highest BCUT2D eigenvalue weighted by Crippen LogP contribution is 2.28. The molecule has 1 fully saturated rings. The van der Waals surface area contributed by atoms with Crippen LogP contribution in [0.2, 0.25) is 0 Å². The van der Waals surface area contributed by atoms with Crippen LogP contribution in [0, 0.1) is 0 Å². The van der Waals surface area contributed by atoms with Crippen molar-refractivity contribution in [2.75, 3.05) is 14.2 Å². The predicted molar refractivity (Wildman–Crippen MR) is 75.7 cm³/mol. The standard InChI is InChI=1S/C15H17ClO3/c1-18-11-5-3-10(4-6-11)9-12-14(19-2)8-7-13(16)15(12)17/h3-6,9,13-14H,7-8H2,1-2H3. The lowest BCUT2D eigenvalue weighted by Crippen LogP contribution is -2.32. The molecule has 2 unspecified atom stereocenters. The molecule has 2 atom stereocenters. The van der Waals surface area contributed by atoms with E-state index in [0.29, 0.717) is 12.0 Å². The molecule has 4 heteroatoms. The number of ketones is 1. The monoisotopic (exact) mass is 280 g/mol. The third-order valence-electron chi connectivity index (χ3n) is 3.32. The molecule has 0 saturated heterocycles. The lowest BCUT2D eigenvalue weighted by molar-refractivity contribution is -0.117. The Morgan fingerprint density at radius 2 is 1.89 bits per heavy atom. The molecule has 1 aliphatic rings. The van der Waals surface area contributed by atoms with Crippen LogP contribution >= 0.6 is 11.6 Å².